The number of nitriles is 1. The van der Waals surface area contributed by atoms with Crippen LogP contribution in [0.4, 0.5) is 43.9 Å². The number of alkyl halides is 6. The second-order valence-electron chi connectivity index (χ2n) is 8.08. The van der Waals surface area contributed by atoms with Gasteiger partial charge in [0.05, 0.1) is 11.5 Å². The molecule has 182 valence electrons. The molecule has 8 nitrogen and oxygen atoms in total. The van der Waals surface area contributed by atoms with Crippen molar-refractivity contribution in [2.45, 2.75) is 25.7 Å². The van der Waals surface area contributed by atoms with Crippen LogP contribution in [-0.2, 0) is 12.4 Å². The lowest BCUT2D eigenvalue weighted by Crippen LogP contribution is -2.26. The highest BCUT2D eigenvalue weighted by atomic mass is 19.4. The molecule has 0 aliphatic carbocycles. The summed E-state index contributed by atoms with van der Waals surface area (Å²) in [6.45, 7) is 2.38. The first-order valence-electron chi connectivity index (χ1n) is 10.1. The minimum absolute atomic E-state index is 0.0424. The van der Waals surface area contributed by atoms with Gasteiger partial charge in [-0.2, -0.15) is 46.6 Å². The molecule has 1 saturated heterocycles. The zero-order valence-corrected chi connectivity index (χ0v) is 18.0. The van der Waals surface area contributed by atoms with E-state index in [1.54, 1.807) is 11.8 Å². The zero-order chi connectivity index (χ0) is 25.4. The average Bonchev–Trinajstić information content (AvgIpc) is 3.21. The zero-order valence-electron chi connectivity index (χ0n) is 18.0. The number of hydrogen-bond acceptors (Lipinski definition) is 8. The van der Waals surface area contributed by atoms with Gasteiger partial charge in [-0.1, -0.05) is 6.07 Å². The van der Waals surface area contributed by atoms with Gasteiger partial charge in [0, 0.05) is 25.0 Å². The Kier molecular flexibility index (Phi) is 5.95. The maximum absolute atomic E-state index is 13.2. The van der Waals surface area contributed by atoms with E-state index in [1.165, 1.54) is 12.1 Å². The molecule has 0 radical (unpaired) electrons. The van der Waals surface area contributed by atoms with Gasteiger partial charge in [0.25, 0.3) is 0 Å². The highest BCUT2D eigenvalue weighted by Gasteiger charge is 2.36. The van der Waals surface area contributed by atoms with Gasteiger partial charge in [-0.25, -0.2) is 4.98 Å². The fourth-order valence-electron chi connectivity index (χ4n) is 3.41. The first kappa shape index (κ1) is 24.1. The fraction of sp³-hybridized carbons (Fsp3) is 0.333. The Hall–Kier alpha value is -4.02. The number of aromatic nitrogens is 5. The maximum Gasteiger partial charge on any atom is 0.433 e. The van der Waals surface area contributed by atoms with Crippen LogP contribution in [0.2, 0.25) is 0 Å². The van der Waals surface area contributed by atoms with Gasteiger partial charge in [0.2, 0.25) is 11.9 Å². The summed E-state index contributed by atoms with van der Waals surface area (Å²) < 4.78 is 78.6. The summed E-state index contributed by atoms with van der Waals surface area (Å²) in [4.78, 5) is 21.1. The van der Waals surface area contributed by atoms with Gasteiger partial charge >= 0.3 is 12.4 Å². The lowest BCUT2D eigenvalue weighted by atomic mass is 9.92. The molecule has 0 saturated carbocycles. The van der Waals surface area contributed by atoms with E-state index >= 15 is 0 Å². The van der Waals surface area contributed by atoms with Crippen LogP contribution in [0, 0.1) is 16.7 Å². The van der Waals surface area contributed by atoms with Crippen molar-refractivity contribution < 1.29 is 26.3 Å². The molecule has 0 bridgehead atoms. The largest absolute Gasteiger partial charge is 0.433 e. The molecule has 3 aromatic heterocycles. The summed E-state index contributed by atoms with van der Waals surface area (Å²) in [5, 5.41) is 12.0. The number of pyridine rings is 2. The first-order valence-corrected chi connectivity index (χ1v) is 10.1. The van der Waals surface area contributed by atoms with Gasteiger partial charge in [-0.3, -0.25) is 4.98 Å². The number of hydrogen-bond donors (Lipinski definition) is 1. The molecule has 35 heavy (non-hydrogen) atoms. The maximum atomic E-state index is 13.2. The van der Waals surface area contributed by atoms with Crippen LogP contribution in [0.3, 0.4) is 0 Å². The number of nitrogens with one attached hydrogen (secondary N) is 1. The molecule has 4 rings (SSSR count). The summed E-state index contributed by atoms with van der Waals surface area (Å²) in [6.07, 6.45) is -7.95. The Morgan fingerprint density at radius 1 is 1.00 bits per heavy atom. The van der Waals surface area contributed by atoms with Crippen molar-refractivity contribution in [2.24, 2.45) is 5.41 Å². The smallest absolute Gasteiger partial charge is 0.339 e. The van der Waals surface area contributed by atoms with E-state index in [0.717, 1.165) is 24.4 Å². The van der Waals surface area contributed by atoms with Crippen molar-refractivity contribution in [3.8, 4) is 17.6 Å². The van der Waals surface area contributed by atoms with Crippen LogP contribution >= 0.6 is 0 Å². The third-order valence-electron chi connectivity index (χ3n) is 5.22. The summed E-state index contributed by atoms with van der Waals surface area (Å²) in [7, 11) is 0. The van der Waals surface area contributed by atoms with Crippen LogP contribution in [-0.4, -0.2) is 38.0 Å². The van der Waals surface area contributed by atoms with Crippen LogP contribution < -0.4 is 10.2 Å². The second kappa shape index (κ2) is 8.64. The van der Waals surface area contributed by atoms with Gasteiger partial charge in [0.1, 0.15) is 17.1 Å². The number of rotatable bonds is 4. The first-order chi connectivity index (χ1) is 16.4. The van der Waals surface area contributed by atoms with E-state index in [-0.39, 0.29) is 35.6 Å². The summed E-state index contributed by atoms with van der Waals surface area (Å²) in [6, 6.07) is 7.41. The molecule has 1 aliphatic rings. The van der Waals surface area contributed by atoms with E-state index in [0.29, 0.717) is 13.0 Å². The Morgan fingerprint density at radius 3 is 2.40 bits per heavy atom. The highest BCUT2D eigenvalue weighted by molar-refractivity contribution is 5.59. The van der Waals surface area contributed by atoms with E-state index < -0.39 is 29.2 Å². The van der Waals surface area contributed by atoms with Crippen molar-refractivity contribution in [3.63, 3.8) is 0 Å². The Bertz CT molecular complexity index is 1290. The third kappa shape index (κ3) is 5.39. The average molecular weight is 494 g/mol. The van der Waals surface area contributed by atoms with Crippen molar-refractivity contribution in [1.29, 1.82) is 5.26 Å². The van der Waals surface area contributed by atoms with E-state index in [9.17, 15) is 31.6 Å². The molecule has 1 aliphatic heterocycles. The SMILES string of the molecule is CC1(C#N)CCN(c2nc(Nc3ccnc(C(F)(F)F)c3)nc(-c3cccc(C(F)(F)F)n3)n2)C1. The topological polar surface area (TPSA) is 104 Å². The molecule has 3 aromatic rings. The monoisotopic (exact) mass is 494 g/mol. The predicted octanol–water partition coefficient (Wildman–Crippen LogP) is 4.85. The summed E-state index contributed by atoms with van der Waals surface area (Å²) >= 11 is 0. The quantitative estimate of drug-likeness (QED) is 0.514. The standard InChI is InChI=1S/C21H16F6N8/c1-19(10-28)6-8-35(11-19)18-33-16(13-3-2-4-14(31-13)20(22,23)24)32-17(34-18)30-12-5-7-29-15(9-12)21(25,26)27/h2-5,7,9H,6,8,11H2,1H3,(H,29,30,32,33,34). The van der Waals surface area contributed by atoms with Crippen LogP contribution in [0.1, 0.15) is 24.7 Å². The Morgan fingerprint density at radius 2 is 1.74 bits per heavy atom. The lowest BCUT2D eigenvalue weighted by Gasteiger charge is -2.19. The van der Waals surface area contributed by atoms with Crippen LogP contribution in [0.5, 0.6) is 0 Å². The second-order valence-corrected chi connectivity index (χ2v) is 8.08. The molecule has 1 fully saturated rings. The normalized spacial score (nSPS) is 18.4. The van der Waals surface area contributed by atoms with Crippen LogP contribution in [0.25, 0.3) is 11.5 Å². The number of nitrogens with zero attached hydrogens (tertiary/aromatic N) is 7. The van der Waals surface area contributed by atoms with Gasteiger partial charge in [-0.15, -0.1) is 0 Å². The number of anilines is 3. The fourth-order valence-corrected chi connectivity index (χ4v) is 3.41. The molecule has 0 aromatic carbocycles. The number of halogens is 6. The summed E-state index contributed by atoms with van der Waals surface area (Å²) in [5.41, 5.74) is -3.26. The van der Waals surface area contributed by atoms with E-state index in [1.807, 2.05) is 0 Å². The van der Waals surface area contributed by atoms with Crippen molar-refractivity contribution in [1.82, 2.24) is 24.9 Å². The molecular formula is C21H16F6N8. The molecule has 4 heterocycles. The Balaban J connectivity index is 1.76. The van der Waals surface area contributed by atoms with E-state index in [2.05, 4.69) is 36.3 Å². The molecule has 1 N–H and O–H groups in total. The summed E-state index contributed by atoms with van der Waals surface area (Å²) in [5.74, 6) is -0.394. The molecule has 1 atom stereocenters. The van der Waals surface area contributed by atoms with Gasteiger partial charge < -0.3 is 10.2 Å². The highest BCUT2D eigenvalue weighted by Crippen LogP contribution is 2.34. The van der Waals surface area contributed by atoms with Crippen molar-refractivity contribution in [3.05, 3.63) is 47.9 Å². The molecule has 0 amide bonds. The minimum atomic E-state index is -4.71. The van der Waals surface area contributed by atoms with Crippen molar-refractivity contribution in [2.75, 3.05) is 23.3 Å². The van der Waals surface area contributed by atoms with Crippen LogP contribution in [0.15, 0.2) is 36.5 Å². The Labute approximate surface area is 194 Å². The van der Waals surface area contributed by atoms with E-state index in [4.69, 9.17) is 0 Å². The lowest BCUT2D eigenvalue weighted by molar-refractivity contribution is -0.141. The van der Waals surface area contributed by atoms with Gasteiger partial charge in [0.15, 0.2) is 5.82 Å². The van der Waals surface area contributed by atoms with Crippen molar-refractivity contribution >= 4 is 17.6 Å². The molecule has 1 unspecified atom stereocenters. The molecule has 14 heteroatoms. The third-order valence-corrected chi connectivity index (χ3v) is 5.22. The van der Waals surface area contributed by atoms with Gasteiger partial charge in [-0.05, 0) is 37.6 Å². The predicted molar refractivity (Wildman–Crippen MR) is 111 cm³/mol. The minimum Gasteiger partial charge on any atom is -0.339 e. The molecule has 0 spiro atoms. The molecular weight excluding hydrogens is 478 g/mol.